The highest BCUT2D eigenvalue weighted by Crippen LogP contribution is 2.33. The zero-order chi connectivity index (χ0) is 36.2. The minimum Gasteiger partial charge on any atom is -0.493 e. The Morgan fingerprint density at radius 2 is 1.58 bits per heavy atom. The number of hydrogen-bond donors (Lipinski definition) is 2. The topological polar surface area (TPSA) is 106 Å². The molecule has 7 rings (SSSR count). The monoisotopic (exact) mass is 692 g/mol. The highest BCUT2D eigenvalue weighted by Gasteiger charge is 2.19. The summed E-state index contributed by atoms with van der Waals surface area (Å²) in [5, 5.41) is 5.38. The van der Waals surface area contributed by atoms with E-state index in [0.29, 0.717) is 16.8 Å². The number of aromatic amines is 1. The van der Waals surface area contributed by atoms with E-state index < -0.39 is 0 Å². The quantitative estimate of drug-likeness (QED) is 0.227. The lowest BCUT2D eigenvalue weighted by molar-refractivity contribution is 0.102. The van der Waals surface area contributed by atoms with E-state index in [4.69, 9.17) is 9.47 Å². The lowest BCUT2D eigenvalue weighted by atomic mass is 9.98. The van der Waals surface area contributed by atoms with Crippen molar-refractivity contribution in [3.8, 4) is 11.5 Å². The molecule has 2 N–H and O–H groups in total. The second-order valence-corrected chi connectivity index (χ2v) is 13.0. The normalized spacial score (nSPS) is 13.6. The van der Waals surface area contributed by atoms with Crippen molar-refractivity contribution in [3.05, 3.63) is 168 Å². The Morgan fingerprint density at radius 1 is 0.846 bits per heavy atom. The zero-order valence-electron chi connectivity index (χ0n) is 29.4. The number of aromatic nitrogens is 2. The maximum Gasteiger partial charge on any atom is 0.274 e. The maximum absolute atomic E-state index is 13.4. The highest BCUT2D eigenvalue weighted by molar-refractivity contribution is 6.04. The first-order valence-corrected chi connectivity index (χ1v) is 17.3. The van der Waals surface area contributed by atoms with Crippen molar-refractivity contribution in [3.63, 3.8) is 0 Å². The molecular formula is C43H40N4O5. The number of carbonyl (C=O) groups is 1. The van der Waals surface area contributed by atoms with Crippen LogP contribution in [0.4, 0.5) is 5.69 Å². The molecule has 0 aliphatic carbocycles. The Balaban J connectivity index is 1.02. The zero-order valence-corrected chi connectivity index (χ0v) is 29.4. The molecule has 0 atom stereocenters. The molecule has 0 radical (unpaired) electrons. The number of anilines is 1. The molecule has 6 aromatic rings. The van der Waals surface area contributed by atoms with E-state index in [1.54, 1.807) is 57.7 Å². The van der Waals surface area contributed by atoms with Crippen LogP contribution in [0, 0.1) is 0 Å². The van der Waals surface area contributed by atoms with Crippen LogP contribution < -0.4 is 36.6 Å². The fourth-order valence-electron chi connectivity index (χ4n) is 6.78. The van der Waals surface area contributed by atoms with Crippen LogP contribution in [0.15, 0.2) is 113 Å². The van der Waals surface area contributed by atoms with Crippen LogP contribution in [-0.2, 0) is 26.4 Å². The van der Waals surface area contributed by atoms with Gasteiger partial charge in [-0.3, -0.25) is 19.3 Å². The minimum absolute atomic E-state index is 0.129. The average Bonchev–Trinajstić information content (AvgIpc) is 3.17. The number of nitrogens with one attached hydrogen (secondary N) is 2. The number of ether oxygens (including phenoxy) is 2. The van der Waals surface area contributed by atoms with Crippen molar-refractivity contribution in [2.45, 2.75) is 19.4 Å². The van der Waals surface area contributed by atoms with Crippen LogP contribution in [0.1, 0.15) is 38.2 Å². The predicted octanol–water partition coefficient (Wildman–Crippen LogP) is 4.75. The number of hydrogen-bond acceptors (Lipinski definition) is 6. The van der Waals surface area contributed by atoms with E-state index in [2.05, 4.69) is 27.3 Å². The smallest absolute Gasteiger partial charge is 0.274 e. The maximum atomic E-state index is 13.4. The summed E-state index contributed by atoms with van der Waals surface area (Å²) in [5.74, 6) is 1.25. The molecule has 0 bridgehead atoms. The van der Waals surface area contributed by atoms with Crippen LogP contribution in [0.25, 0.3) is 22.9 Å². The molecule has 0 saturated heterocycles. The van der Waals surface area contributed by atoms with Gasteiger partial charge in [-0.25, -0.2) is 0 Å². The van der Waals surface area contributed by atoms with Crippen LogP contribution in [-0.4, -0.2) is 47.7 Å². The molecule has 0 saturated carbocycles. The molecule has 1 aliphatic rings. The van der Waals surface area contributed by atoms with E-state index in [0.717, 1.165) is 60.3 Å². The van der Waals surface area contributed by atoms with Gasteiger partial charge in [0.05, 0.1) is 14.2 Å². The summed E-state index contributed by atoms with van der Waals surface area (Å²) in [6.45, 7) is 2.76. The number of rotatable bonds is 9. The predicted molar refractivity (Wildman–Crippen MR) is 206 cm³/mol. The van der Waals surface area contributed by atoms with Gasteiger partial charge < -0.3 is 24.3 Å². The van der Waals surface area contributed by atoms with Crippen molar-refractivity contribution >= 4 is 34.5 Å². The van der Waals surface area contributed by atoms with E-state index in [9.17, 15) is 14.4 Å². The molecule has 9 heteroatoms. The molecule has 0 unspecified atom stereocenters. The summed E-state index contributed by atoms with van der Waals surface area (Å²) < 4.78 is 12.3. The molecule has 0 fully saturated rings. The number of nitrogens with zero attached hydrogens (tertiary/aromatic N) is 2. The molecule has 1 aliphatic heterocycles. The number of methoxy groups -OCH3 is 2. The number of amides is 1. The number of carbonyl (C=O) groups excluding carboxylic acids is 1. The Labute approximate surface area is 301 Å². The molecule has 1 amide bonds. The van der Waals surface area contributed by atoms with Gasteiger partial charge in [-0.1, -0.05) is 66.7 Å². The number of H-pyrrole nitrogens is 1. The number of fused-ring (bicyclic) bond motifs is 2. The number of benzene rings is 5. The Bertz CT molecular complexity index is 2530. The third kappa shape index (κ3) is 7.31. The average molecular weight is 693 g/mol. The lowest BCUT2D eigenvalue weighted by Crippen LogP contribution is -2.52. The molecule has 2 heterocycles. The summed E-state index contributed by atoms with van der Waals surface area (Å²) in [6.07, 6.45) is 5.17. The molecule has 9 nitrogen and oxygen atoms in total. The third-order valence-electron chi connectivity index (χ3n) is 9.68. The van der Waals surface area contributed by atoms with Crippen molar-refractivity contribution < 1.29 is 14.3 Å². The van der Waals surface area contributed by atoms with Crippen molar-refractivity contribution in [1.29, 1.82) is 0 Å². The lowest BCUT2D eigenvalue weighted by Gasteiger charge is -2.29. The van der Waals surface area contributed by atoms with Gasteiger partial charge in [0.1, 0.15) is 10.7 Å². The van der Waals surface area contributed by atoms with E-state index >= 15 is 0 Å². The summed E-state index contributed by atoms with van der Waals surface area (Å²) in [6, 6.07) is 32.8. The van der Waals surface area contributed by atoms with Crippen molar-refractivity contribution in [1.82, 2.24) is 14.5 Å². The molecular weight excluding hydrogens is 652 g/mol. The standard InChI is InChI=1S/C43H40N4O5/c1-46-38(24-32-11-7-10-30-9-4-5-13-36(30)32)42(49)45-37(43(46)50)23-29-8-6-12-33(22-29)41(48)44-35-16-14-28(15-17-35)18-20-47-21-19-31-25-39(51-2)40(52-3)26-34(31)27-47/h4-17,22-26H,18-21,27H2,1-3H3,(H,44,48)(H,45,49). The Hall–Kier alpha value is -6.19. The molecule has 262 valence electrons. The third-order valence-corrected chi connectivity index (χ3v) is 9.68. The molecule has 0 spiro atoms. The summed E-state index contributed by atoms with van der Waals surface area (Å²) in [7, 11) is 4.91. The first kappa shape index (κ1) is 34.3. The van der Waals surface area contributed by atoms with Gasteiger partial charge in [0.2, 0.25) is 0 Å². The molecule has 52 heavy (non-hydrogen) atoms. The van der Waals surface area contributed by atoms with Crippen LogP contribution >= 0.6 is 0 Å². The summed E-state index contributed by atoms with van der Waals surface area (Å²) >= 11 is 0. The first-order valence-electron chi connectivity index (χ1n) is 17.3. The first-order chi connectivity index (χ1) is 25.3. The van der Waals surface area contributed by atoms with Crippen molar-refractivity contribution in [2.24, 2.45) is 7.05 Å². The minimum atomic E-state index is -0.387. The Morgan fingerprint density at radius 3 is 2.37 bits per heavy atom. The van der Waals surface area contributed by atoms with Gasteiger partial charge in [-0.05, 0) is 100.0 Å². The van der Waals surface area contributed by atoms with Gasteiger partial charge in [0, 0.05) is 37.9 Å². The largest absolute Gasteiger partial charge is 0.493 e. The van der Waals surface area contributed by atoms with Gasteiger partial charge in [0.25, 0.3) is 17.0 Å². The SMILES string of the molecule is COc1cc2c(cc1OC)CN(CCc1ccc(NC(=O)c3cccc(C=c4[nH]c(=O)c(=Cc5cccc6ccccc56)n(C)c4=O)c3)cc1)CC2. The van der Waals surface area contributed by atoms with Gasteiger partial charge in [-0.2, -0.15) is 0 Å². The fraction of sp³-hybridized carbons (Fsp3) is 0.186. The highest BCUT2D eigenvalue weighted by atomic mass is 16.5. The summed E-state index contributed by atoms with van der Waals surface area (Å²) in [4.78, 5) is 45.0. The van der Waals surface area contributed by atoms with Crippen molar-refractivity contribution in [2.75, 3.05) is 32.6 Å². The van der Waals surface area contributed by atoms with Crippen LogP contribution in [0.5, 0.6) is 11.5 Å². The summed E-state index contributed by atoms with van der Waals surface area (Å²) in [5.41, 5.74) is 5.58. The van der Waals surface area contributed by atoms with E-state index in [-0.39, 0.29) is 27.7 Å². The van der Waals surface area contributed by atoms with E-state index in [1.807, 2.05) is 66.7 Å². The second kappa shape index (κ2) is 15.0. The van der Waals surface area contributed by atoms with Crippen LogP contribution in [0.3, 0.4) is 0 Å². The molecule has 5 aromatic carbocycles. The second-order valence-electron chi connectivity index (χ2n) is 13.0. The van der Waals surface area contributed by atoms with Gasteiger partial charge >= 0.3 is 0 Å². The fourth-order valence-corrected chi connectivity index (χ4v) is 6.78. The van der Waals surface area contributed by atoms with E-state index in [1.165, 1.54) is 21.3 Å². The van der Waals surface area contributed by atoms with Crippen LogP contribution in [0.2, 0.25) is 0 Å². The van der Waals surface area contributed by atoms with Gasteiger partial charge in [-0.15, -0.1) is 0 Å². The molecule has 1 aromatic heterocycles. The Kier molecular flexibility index (Phi) is 9.86. The van der Waals surface area contributed by atoms with Gasteiger partial charge in [0.15, 0.2) is 11.5 Å².